The van der Waals surface area contributed by atoms with Crippen LogP contribution in [0.25, 0.3) is 0 Å². The van der Waals surface area contributed by atoms with E-state index in [-0.39, 0.29) is 23.5 Å². The van der Waals surface area contributed by atoms with Crippen LogP contribution >= 0.6 is 0 Å². The predicted molar refractivity (Wildman–Crippen MR) is 48.8 cm³/mol. The molecular weight excluding hydrogens is 152 g/mol. The zero-order valence-electron chi connectivity index (χ0n) is 8.25. The molecule has 0 radical (unpaired) electrons. The zero-order chi connectivity index (χ0) is 9.35. The van der Waals surface area contributed by atoms with E-state index in [0.29, 0.717) is 0 Å². The second-order valence-corrected chi connectivity index (χ2v) is 4.97. The number of rotatable bonds is 1. The Morgan fingerprint density at radius 2 is 1.83 bits per heavy atom. The Kier molecular flexibility index (Phi) is 2.79. The van der Waals surface area contributed by atoms with Gasteiger partial charge in [-0.05, 0) is 18.3 Å². The van der Waals surface area contributed by atoms with Crippen molar-refractivity contribution in [2.75, 3.05) is 0 Å². The van der Waals surface area contributed by atoms with Crippen LogP contribution in [-0.4, -0.2) is 22.4 Å². The second kappa shape index (κ2) is 3.35. The Bertz CT molecular complexity index is 148. The lowest BCUT2D eigenvalue weighted by Crippen LogP contribution is -2.37. The summed E-state index contributed by atoms with van der Waals surface area (Å²) in [5, 5.41) is 19.5. The third-order valence-electron chi connectivity index (χ3n) is 2.82. The molecule has 1 aliphatic carbocycles. The minimum absolute atomic E-state index is 0.101. The molecule has 1 aliphatic rings. The molecule has 0 aromatic heterocycles. The van der Waals surface area contributed by atoms with Gasteiger partial charge < -0.3 is 10.2 Å². The SMILES string of the molecule is CC(C)(C)C(O)C1CCCC1O. The number of aliphatic hydroxyl groups excluding tert-OH is 2. The Balaban J connectivity index is 2.57. The van der Waals surface area contributed by atoms with Gasteiger partial charge in [0.05, 0.1) is 12.2 Å². The van der Waals surface area contributed by atoms with Crippen LogP contribution in [0, 0.1) is 11.3 Å². The molecule has 0 spiro atoms. The van der Waals surface area contributed by atoms with Crippen molar-refractivity contribution in [2.24, 2.45) is 11.3 Å². The molecule has 12 heavy (non-hydrogen) atoms. The van der Waals surface area contributed by atoms with Crippen molar-refractivity contribution >= 4 is 0 Å². The summed E-state index contributed by atoms with van der Waals surface area (Å²) < 4.78 is 0. The lowest BCUT2D eigenvalue weighted by Gasteiger charge is -2.32. The molecule has 1 fully saturated rings. The Hall–Kier alpha value is -0.0800. The highest BCUT2D eigenvalue weighted by Gasteiger charge is 2.37. The number of hydrogen-bond acceptors (Lipinski definition) is 2. The summed E-state index contributed by atoms with van der Waals surface area (Å²) in [4.78, 5) is 0. The molecule has 72 valence electrons. The van der Waals surface area contributed by atoms with Gasteiger partial charge in [0.2, 0.25) is 0 Å². The highest BCUT2D eigenvalue weighted by molar-refractivity contribution is 4.87. The van der Waals surface area contributed by atoms with E-state index >= 15 is 0 Å². The van der Waals surface area contributed by atoms with Crippen LogP contribution in [0.4, 0.5) is 0 Å². The average Bonchev–Trinajstić information content (AvgIpc) is 2.31. The summed E-state index contributed by atoms with van der Waals surface area (Å²) in [6.45, 7) is 6.05. The van der Waals surface area contributed by atoms with E-state index in [0.717, 1.165) is 19.3 Å². The standard InChI is InChI=1S/C10H20O2/c1-10(2,3)9(12)7-5-4-6-8(7)11/h7-9,11-12H,4-6H2,1-3H3. The molecule has 2 N–H and O–H groups in total. The van der Waals surface area contributed by atoms with Gasteiger partial charge in [-0.15, -0.1) is 0 Å². The van der Waals surface area contributed by atoms with Gasteiger partial charge in [0.15, 0.2) is 0 Å². The highest BCUT2D eigenvalue weighted by atomic mass is 16.3. The molecule has 0 bridgehead atoms. The molecule has 0 saturated heterocycles. The average molecular weight is 172 g/mol. The van der Waals surface area contributed by atoms with Crippen molar-refractivity contribution in [1.82, 2.24) is 0 Å². The van der Waals surface area contributed by atoms with Gasteiger partial charge in [-0.3, -0.25) is 0 Å². The molecule has 3 atom stereocenters. The lowest BCUT2D eigenvalue weighted by molar-refractivity contribution is -0.0301. The quantitative estimate of drug-likeness (QED) is 0.630. The first kappa shape index (κ1) is 10.0. The van der Waals surface area contributed by atoms with Crippen molar-refractivity contribution in [1.29, 1.82) is 0 Å². The van der Waals surface area contributed by atoms with E-state index in [1.807, 2.05) is 20.8 Å². The second-order valence-electron chi connectivity index (χ2n) is 4.97. The first-order valence-corrected chi connectivity index (χ1v) is 4.79. The van der Waals surface area contributed by atoms with Gasteiger partial charge in [0, 0.05) is 5.92 Å². The van der Waals surface area contributed by atoms with Crippen molar-refractivity contribution < 1.29 is 10.2 Å². The van der Waals surface area contributed by atoms with Crippen LogP contribution in [0.5, 0.6) is 0 Å². The van der Waals surface area contributed by atoms with Gasteiger partial charge in [-0.1, -0.05) is 27.2 Å². The van der Waals surface area contributed by atoms with Crippen molar-refractivity contribution in [2.45, 2.75) is 52.2 Å². The summed E-state index contributed by atoms with van der Waals surface area (Å²) >= 11 is 0. The van der Waals surface area contributed by atoms with Gasteiger partial charge >= 0.3 is 0 Å². The van der Waals surface area contributed by atoms with Crippen LogP contribution in [0.3, 0.4) is 0 Å². The number of hydrogen-bond donors (Lipinski definition) is 2. The molecule has 2 nitrogen and oxygen atoms in total. The molecule has 0 aliphatic heterocycles. The van der Waals surface area contributed by atoms with E-state index in [2.05, 4.69) is 0 Å². The summed E-state index contributed by atoms with van der Waals surface area (Å²) in [6.07, 6.45) is 2.24. The van der Waals surface area contributed by atoms with Crippen LogP contribution < -0.4 is 0 Å². The van der Waals surface area contributed by atoms with E-state index < -0.39 is 0 Å². The largest absolute Gasteiger partial charge is 0.393 e. The maximum Gasteiger partial charge on any atom is 0.0641 e. The summed E-state index contributed by atoms with van der Waals surface area (Å²) in [5.74, 6) is 0.102. The topological polar surface area (TPSA) is 40.5 Å². The molecule has 0 aromatic carbocycles. The van der Waals surface area contributed by atoms with Gasteiger partial charge in [-0.25, -0.2) is 0 Å². The molecule has 3 unspecified atom stereocenters. The van der Waals surface area contributed by atoms with Crippen molar-refractivity contribution in [3.05, 3.63) is 0 Å². The summed E-state index contributed by atoms with van der Waals surface area (Å²) in [5.41, 5.74) is -0.101. The fourth-order valence-electron chi connectivity index (χ4n) is 1.98. The Morgan fingerprint density at radius 1 is 1.25 bits per heavy atom. The fourth-order valence-corrected chi connectivity index (χ4v) is 1.98. The summed E-state index contributed by atoms with van der Waals surface area (Å²) in [7, 11) is 0. The Labute approximate surface area is 74.6 Å². The Morgan fingerprint density at radius 3 is 2.17 bits per heavy atom. The van der Waals surface area contributed by atoms with Crippen molar-refractivity contribution in [3.8, 4) is 0 Å². The smallest absolute Gasteiger partial charge is 0.0641 e. The van der Waals surface area contributed by atoms with Crippen LogP contribution in [0.2, 0.25) is 0 Å². The maximum absolute atomic E-state index is 9.90. The van der Waals surface area contributed by atoms with E-state index in [1.54, 1.807) is 0 Å². The molecule has 0 amide bonds. The normalized spacial score (nSPS) is 33.8. The van der Waals surface area contributed by atoms with Crippen LogP contribution in [-0.2, 0) is 0 Å². The van der Waals surface area contributed by atoms with Crippen LogP contribution in [0.15, 0.2) is 0 Å². The monoisotopic (exact) mass is 172 g/mol. The zero-order valence-corrected chi connectivity index (χ0v) is 8.25. The summed E-state index contributed by atoms with van der Waals surface area (Å²) in [6, 6.07) is 0. The lowest BCUT2D eigenvalue weighted by atomic mass is 9.80. The maximum atomic E-state index is 9.90. The number of aliphatic hydroxyl groups is 2. The first-order chi connectivity index (χ1) is 5.43. The third-order valence-corrected chi connectivity index (χ3v) is 2.82. The highest BCUT2D eigenvalue weighted by Crippen LogP contribution is 2.35. The molecule has 1 saturated carbocycles. The molecule has 0 aromatic rings. The fraction of sp³-hybridized carbons (Fsp3) is 1.00. The third kappa shape index (κ3) is 1.99. The van der Waals surface area contributed by atoms with E-state index in [9.17, 15) is 10.2 Å². The van der Waals surface area contributed by atoms with E-state index in [1.165, 1.54) is 0 Å². The molecule has 1 rings (SSSR count). The van der Waals surface area contributed by atoms with Crippen LogP contribution in [0.1, 0.15) is 40.0 Å². The minimum Gasteiger partial charge on any atom is -0.393 e. The first-order valence-electron chi connectivity index (χ1n) is 4.79. The molecular formula is C10H20O2. The van der Waals surface area contributed by atoms with Crippen molar-refractivity contribution in [3.63, 3.8) is 0 Å². The molecule has 2 heteroatoms. The minimum atomic E-state index is -0.366. The van der Waals surface area contributed by atoms with Gasteiger partial charge in [0.1, 0.15) is 0 Å². The predicted octanol–water partition coefficient (Wildman–Crippen LogP) is 1.55. The van der Waals surface area contributed by atoms with Gasteiger partial charge in [-0.2, -0.15) is 0 Å². The molecule has 0 heterocycles. The van der Waals surface area contributed by atoms with Gasteiger partial charge in [0.25, 0.3) is 0 Å². The van der Waals surface area contributed by atoms with E-state index in [4.69, 9.17) is 0 Å².